The minimum absolute atomic E-state index is 0.0258. The van der Waals surface area contributed by atoms with Crippen LogP contribution in [0.2, 0.25) is 0 Å². The maximum atomic E-state index is 12.1. The monoisotopic (exact) mass is 340 g/mol. The summed E-state index contributed by atoms with van der Waals surface area (Å²) < 4.78 is 4.88. The van der Waals surface area contributed by atoms with Crippen LogP contribution in [0.5, 0.6) is 0 Å². The molecule has 2 N–H and O–H groups in total. The number of piperidine rings is 1. The Morgan fingerprint density at radius 1 is 1.12 bits per heavy atom. The first-order chi connectivity index (χ1) is 11.6. The van der Waals surface area contributed by atoms with E-state index in [-0.39, 0.29) is 24.6 Å². The molecule has 7 heteroatoms. The van der Waals surface area contributed by atoms with E-state index in [0.717, 1.165) is 32.5 Å². The van der Waals surface area contributed by atoms with Crippen LogP contribution in [0.1, 0.15) is 32.1 Å². The minimum Gasteiger partial charge on any atom is -0.375 e. The summed E-state index contributed by atoms with van der Waals surface area (Å²) in [5.74, 6) is 0.564. The molecule has 138 valence electrons. The Morgan fingerprint density at radius 3 is 2.58 bits per heavy atom. The van der Waals surface area contributed by atoms with Crippen molar-refractivity contribution >= 4 is 11.9 Å². The van der Waals surface area contributed by atoms with Crippen molar-refractivity contribution in [2.45, 2.75) is 38.1 Å². The molecule has 2 fully saturated rings. The van der Waals surface area contributed by atoms with Crippen molar-refractivity contribution in [3.05, 3.63) is 0 Å². The van der Waals surface area contributed by atoms with Gasteiger partial charge in [-0.1, -0.05) is 6.42 Å². The molecule has 0 radical (unpaired) electrons. The van der Waals surface area contributed by atoms with Crippen molar-refractivity contribution in [3.8, 4) is 0 Å². The quantitative estimate of drug-likeness (QED) is 0.771. The Morgan fingerprint density at radius 2 is 1.88 bits per heavy atom. The number of ether oxygens (including phenoxy) is 1. The molecule has 2 aliphatic rings. The Hall–Kier alpha value is -1.34. The maximum Gasteiger partial charge on any atom is 0.315 e. The van der Waals surface area contributed by atoms with E-state index in [1.165, 1.54) is 26.4 Å². The third-order valence-corrected chi connectivity index (χ3v) is 4.97. The number of carbonyl (C=O) groups excluding carboxylic acids is 2. The summed E-state index contributed by atoms with van der Waals surface area (Å²) in [6.07, 6.45) is 5.28. The predicted molar refractivity (Wildman–Crippen MR) is 92.9 cm³/mol. The van der Waals surface area contributed by atoms with Crippen molar-refractivity contribution in [1.82, 2.24) is 20.4 Å². The number of hydrogen-bond donors (Lipinski definition) is 2. The Kier molecular flexibility index (Phi) is 7.78. The van der Waals surface area contributed by atoms with Gasteiger partial charge in [0.05, 0.1) is 0 Å². The summed E-state index contributed by atoms with van der Waals surface area (Å²) in [6.45, 7) is 4.44. The zero-order valence-corrected chi connectivity index (χ0v) is 15.1. The van der Waals surface area contributed by atoms with E-state index in [1.54, 1.807) is 4.90 Å². The van der Waals surface area contributed by atoms with Gasteiger partial charge in [-0.05, 0) is 45.2 Å². The van der Waals surface area contributed by atoms with Crippen LogP contribution in [0.15, 0.2) is 0 Å². The van der Waals surface area contributed by atoms with Crippen molar-refractivity contribution in [2.24, 2.45) is 5.92 Å². The number of methoxy groups -OCH3 is 1. The molecular formula is C17H32N4O3. The van der Waals surface area contributed by atoms with E-state index >= 15 is 0 Å². The van der Waals surface area contributed by atoms with Crippen molar-refractivity contribution in [2.75, 3.05) is 53.5 Å². The second-order valence-electron chi connectivity index (χ2n) is 7.07. The lowest BCUT2D eigenvalue weighted by molar-refractivity contribution is -0.136. The fourth-order valence-corrected chi connectivity index (χ4v) is 3.57. The molecule has 1 unspecified atom stereocenters. The van der Waals surface area contributed by atoms with Crippen LogP contribution in [0.25, 0.3) is 0 Å². The summed E-state index contributed by atoms with van der Waals surface area (Å²) in [4.78, 5) is 28.0. The standard InChI is InChI=1S/C17H32N4O3/c1-20-8-4-3-5-14(12-20)11-18-17(23)19-15-6-9-21(10-7-15)16(22)13-24-2/h14-15H,3-13H2,1-2H3,(H2,18,19,23). The Bertz CT molecular complexity index is 411. The molecule has 2 saturated heterocycles. The Balaban J connectivity index is 1.63. The number of amides is 3. The molecule has 3 amide bonds. The van der Waals surface area contributed by atoms with E-state index < -0.39 is 0 Å². The molecule has 0 saturated carbocycles. The molecule has 1 atom stereocenters. The van der Waals surface area contributed by atoms with Crippen LogP contribution in [0, 0.1) is 5.92 Å². The molecule has 0 aliphatic carbocycles. The van der Waals surface area contributed by atoms with Gasteiger partial charge in [0.25, 0.3) is 0 Å². The normalized spacial score (nSPS) is 23.6. The van der Waals surface area contributed by atoms with Gasteiger partial charge in [-0.15, -0.1) is 0 Å². The molecule has 0 aromatic rings. The first-order valence-corrected chi connectivity index (χ1v) is 9.08. The van der Waals surface area contributed by atoms with Crippen molar-refractivity contribution < 1.29 is 14.3 Å². The average molecular weight is 340 g/mol. The number of carbonyl (C=O) groups is 2. The number of nitrogens with one attached hydrogen (secondary N) is 2. The van der Waals surface area contributed by atoms with Gasteiger partial charge in [-0.25, -0.2) is 4.79 Å². The van der Waals surface area contributed by atoms with Crippen molar-refractivity contribution in [3.63, 3.8) is 0 Å². The van der Waals surface area contributed by atoms with Gasteiger partial charge >= 0.3 is 6.03 Å². The molecule has 7 nitrogen and oxygen atoms in total. The summed E-state index contributed by atoms with van der Waals surface area (Å²) in [6, 6.07) is 0.0666. The minimum atomic E-state index is -0.0800. The first-order valence-electron chi connectivity index (χ1n) is 9.08. The van der Waals surface area contributed by atoms with Gasteiger partial charge < -0.3 is 25.2 Å². The lowest BCUT2D eigenvalue weighted by Crippen LogP contribution is -2.50. The molecule has 2 heterocycles. The van der Waals surface area contributed by atoms with Gasteiger partial charge in [-0.2, -0.15) is 0 Å². The van der Waals surface area contributed by atoms with E-state index in [9.17, 15) is 9.59 Å². The van der Waals surface area contributed by atoms with Gasteiger partial charge in [0.15, 0.2) is 0 Å². The fourth-order valence-electron chi connectivity index (χ4n) is 3.57. The summed E-state index contributed by atoms with van der Waals surface area (Å²) in [7, 11) is 3.68. The molecule has 24 heavy (non-hydrogen) atoms. The topological polar surface area (TPSA) is 73.9 Å². The molecule has 0 spiro atoms. The average Bonchev–Trinajstić information content (AvgIpc) is 2.78. The zero-order chi connectivity index (χ0) is 17.4. The van der Waals surface area contributed by atoms with Crippen LogP contribution in [0.4, 0.5) is 4.79 Å². The largest absolute Gasteiger partial charge is 0.375 e. The molecular weight excluding hydrogens is 308 g/mol. The fraction of sp³-hybridized carbons (Fsp3) is 0.882. The van der Waals surface area contributed by atoms with Crippen LogP contribution >= 0.6 is 0 Å². The van der Waals surface area contributed by atoms with Crippen molar-refractivity contribution in [1.29, 1.82) is 0 Å². The Labute approximate surface area is 145 Å². The van der Waals surface area contributed by atoms with Gasteiger partial charge in [0, 0.05) is 39.3 Å². The maximum absolute atomic E-state index is 12.1. The predicted octanol–water partition coefficient (Wildman–Crippen LogP) is 0.655. The first kappa shape index (κ1) is 19.0. The van der Waals surface area contributed by atoms with Crippen LogP contribution < -0.4 is 10.6 Å². The van der Waals surface area contributed by atoms with Gasteiger partial charge in [0.2, 0.25) is 5.91 Å². The highest BCUT2D eigenvalue weighted by Crippen LogP contribution is 2.14. The molecule has 0 aromatic carbocycles. The summed E-state index contributed by atoms with van der Waals surface area (Å²) in [5.41, 5.74) is 0. The molecule has 0 aromatic heterocycles. The SMILES string of the molecule is COCC(=O)N1CCC(NC(=O)NCC2CCCCN(C)C2)CC1. The highest BCUT2D eigenvalue weighted by atomic mass is 16.5. The number of nitrogens with zero attached hydrogens (tertiary/aromatic N) is 2. The van der Waals surface area contributed by atoms with E-state index in [4.69, 9.17) is 4.74 Å². The van der Waals surface area contributed by atoms with E-state index in [0.29, 0.717) is 19.0 Å². The number of likely N-dealkylation sites (tertiary alicyclic amines) is 2. The van der Waals surface area contributed by atoms with E-state index in [2.05, 4.69) is 22.6 Å². The zero-order valence-electron chi connectivity index (χ0n) is 15.1. The number of rotatable bonds is 5. The second kappa shape index (κ2) is 9.84. The number of hydrogen-bond acceptors (Lipinski definition) is 4. The van der Waals surface area contributed by atoms with Crippen LogP contribution in [-0.2, 0) is 9.53 Å². The number of urea groups is 1. The lowest BCUT2D eigenvalue weighted by atomic mass is 10.0. The highest BCUT2D eigenvalue weighted by Gasteiger charge is 2.24. The van der Waals surface area contributed by atoms with Gasteiger partial charge in [-0.3, -0.25) is 4.79 Å². The molecule has 2 rings (SSSR count). The summed E-state index contributed by atoms with van der Waals surface area (Å²) >= 11 is 0. The van der Waals surface area contributed by atoms with E-state index in [1.807, 2.05) is 0 Å². The second-order valence-corrected chi connectivity index (χ2v) is 7.07. The van der Waals surface area contributed by atoms with Crippen LogP contribution in [-0.4, -0.2) is 81.3 Å². The smallest absolute Gasteiger partial charge is 0.315 e. The highest BCUT2D eigenvalue weighted by molar-refractivity contribution is 5.77. The molecule has 2 aliphatic heterocycles. The molecule has 0 bridgehead atoms. The third kappa shape index (κ3) is 6.28. The lowest BCUT2D eigenvalue weighted by Gasteiger charge is -2.32. The van der Waals surface area contributed by atoms with Gasteiger partial charge in [0.1, 0.15) is 6.61 Å². The summed E-state index contributed by atoms with van der Waals surface area (Å²) in [5, 5.41) is 6.07. The van der Waals surface area contributed by atoms with Crippen LogP contribution in [0.3, 0.4) is 0 Å². The third-order valence-electron chi connectivity index (χ3n) is 4.97.